The average Bonchev–Trinajstić information content (AvgIpc) is 2.80. The van der Waals surface area contributed by atoms with Crippen LogP contribution in [0.1, 0.15) is 86.8 Å². The fourth-order valence-electron chi connectivity index (χ4n) is 5.29. The van der Waals surface area contributed by atoms with Gasteiger partial charge in [0.15, 0.2) is 17.5 Å². The fraction of sp³-hybridized carbons (Fsp3) is 0.429. The van der Waals surface area contributed by atoms with Crippen molar-refractivity contribution in [3.63, 3.8) is 0 Å². The molecule has 3 aromatic rings. The molecule has 0 N–H and O–H groups in total. The van der Waals surface area contributed by atoms with Gasteiger partial charge in [0, 0.05) is 5.56 Å². The summed E-state index contributed by atoms with van der Waals surface area (Å²) in [4.78, 5) is 0. The Bertz CT molecular complexity index is 1150. The van der Waals surface area contributed by atoms with Gasteiger partial charge >= 0.3 is 0 Å². The van der Waals surface area contributed by atoms with Crippen molar-refractivity contribution in [2.75, 3.05) is 0 Å². The Morgan fingerprint density at radius 1 is 0.647 bits per heavy atom. The van der Waals surface area contributed by atoms with Crippen molar-refractivity contribution >= 4 is 10.8 Å². The molecule has 1 fully saturated rings. The Labute approximate surface area is 196 Å². The van der Waals surface area contributed by atoms with Crippen molar-refractivity contribution in [2.45, 2.75) is 76.5 Å². The molecular weight excluding hydrogens is 450 g/mol. The first-order chi connectivity index (χ1) is 16.3. The molecule has 0 unspecified atom stereocenters. The minimum atomic E-state index is -1.70. The molecule has 0 nitrogen and oxygen atoms in total. The minimum Gasteiger partial charge on any atom is -0.207 e. The van der Waals surface area contributed by atoms with Gasteiger partial charge in [0.2, 0.25) is 0 Å². The summed E-state index contributed by atoms with van der Waals surface area (Å²) in [5, 5.41) is -0.615. The van der Waals surface area contributed by atoms with Crippen molar-refractivity contribution in [1.82, 2.24) is 0 Å². The quantitative estimate of drug-likeness (QED) is 0.180. The van der Waals surface area contributed by atoms with Gasteiger partial charge in [-0.3, -0.25) is 0 Å². The molecule has 3 aromatic carbocycles. The highest BCUT2D eigenvalue weighted by Gasteiger charge is 2.29. The van der Waals surface area contributed by atoms with Crippen molar-refractivity contribution < 1.29 is 26.3 Å². The van der Waals surface area contributed by atoms with E-state index in [4.69, 9.17) is 0 Å². The number of aryl methyl sites for hydroxylation is 1. The molecule has 1 saturated carbocycles. The lowest BCUT2D eigenvalue weighted by atomic mass is 9.75. The molecule has 0 spiro atoms. The summed E-state index contributed by atoms with van der Waals surface area (Å²) in [6.45, 7) is 2.11. The predicted octanol–water partition coefficient (Wildman–Crippen LogP) is 9.24. The summed E-state index contributed by atoms with van der Waals surface area (Å²) >= 11 is 0. The van der Waals surface area contributed by atoms with Gasteiger partial charge in [-0.1, -0.05) is 32.3 Å². The summed E-state index contributed by atoms with van der Waals surface area (Å²) in [5.41, 5.74) is 1.34. The Morgan fingerprint density at radius 3 is 1.94 bits per heavy atom. The summed E-state index contributed by atoms with van der Waals surface area (Å²) < 4.78 is 85.4. The van der Waals surface area contributed by atoms with E-state index in [1.165, 1.54) is 18.2 Å². The van der Waals surface area contributed by atoms with E-state index in [1.807, 2.05) is 0 Å². The van der Waals surface area contributed by atoms with Crippen LogP contribution in [-0.2, 0) is 6.42 Å². The first-order valence-corrected chi connectivity index (χ1v) is 12.0. The van der Waals surface area contributed by atoms with E-state index in [1.54, 1.807) is 0 Å². The number of halogens is 6. The summed E-state index contributed by atoms with van der Waals surface area (Å²) in [6, 6.07) is 6.31. The summed E-state index contributed by atoms with van der Waals surface area (Å²) in [5.74, 6) is -6.98. The van der Waals surface area contributed by atoms with Crippen LogP contribution in [0.25, 0.3) is 10.8 Å². The highest BCUT2D eigenvalue weighted by Crippen LogP contribution is 2.43. The van der Waals surface area contributed by atoms with Gasteiger partial charge < -0.3 is 0 Å². The standard InChI is InChI=1S/C28H28F6/c1-2-3-4-5-6-16-11-21(29)25(22(30)12-16)18-9-7-17(8-10-18)19-13-20-15-24(32)27(33)28(34)26(20)23(31)14-19/h11-15,17-18H,2-10H2,1H3. The largest absolute Gasteiger partial charge is 0.207 e. The molecule has 0 aliphatic heterocycles. The number of hydrogen-bond donors (Lipinski definition) is 0. The monoisotopic (exact) mass is 478 g/mol. The first kappa shape index (κ1) is 24.6. The lowest BCUT2D eigenvalue weighted by molar-refractivity contribution is 0.376. The highest BCUT2D eigenvalue weighted by molar-refractivity contribution is 5.84. The lowest BCUT2D eigenvalue weighted by Crippen LogP contribution is -2.15. The molecule has 4 rings (SSSR count). The molecular formula is C28H28F6. The van der Waals surface area contributed by atoms with Crippen LogP contribution >= 0.6 is 0 Å². The second kappa shape index (κ2) is 10.4. The zero-order valence-electron chi connectivity index (χ0n) is 19.2. The Kier molecular flexibility index (Phi) is 7.54. The number of hydrogen-bond acceptors (Lipinski definition) is 0. The van der Waals surface area contributed by atoms with Gasteiger partial charge in [0.25, 0.3) is 0 Å². The van der Waals surface area contributed by atoms with Gasteiger partial charge in [-0.05, 0) is 91.1 Å². The molecule has 0 saturated heterocycles. The van der Waals surface area contributed by atoms with Crippen LogP contribution in [0.4, 0.5) is 26.3 Å². The SMILES string of the molecule is CCCCCCc1cc(F)c(C2CCC(c3cc(F)c4c(F)c(F)c(F)cc4c3)CC2)c(F)c1. The van der Waals surface area contributed by atoms with Gasteiger partial charge in [0.05, 0.1) is 5.39 Å². The number of fused-ring (bicyclic) bond motifs is 1. The number of rotatable bonds is 7. The Hall–Kier alpha value is -2.50. The van der Waals surface area contributed by atoms with Crippen LogP contribution in [0, 0.1) is 34.9 Å². The molecule has 1 aliphatic carbocycles. The molecule has 0 bridgehead atoms. The van der Waals surface area contributed by atoms with E-state index in [0.29, 0.717) is 43.2 Å². The fourth-order valence-corrected chi connectivity index (χ4v) is 5.29. The minimum absolute atomic E-state index is 0.0415. The normalized spacial score (nSPS) is 18.6. The lowest BCUT2D eigenvalue weighted by Gasteiger charge is -2.30. The van der Waals surface area contributed by atoms with Crippen LogP contribution in [0.15, 0.2) is 30.3 Å². The second-order valence-electron chi connectivity index (χ2n) is 9.42. The maximum absolute atomic E-state index is 14.8. The molecule has 1 aliphatic rings. The molecule has 0 amide bonds. The van der Waals surface area contributed by atoms with Crippen molar-refractivity contribution in [2.24, 2.45) is 0 Å². The molecule has 182 valence electrons. The van der Waals surface area contributed by atoms with Crippen LogP contribution in [0.5, 0.6) is 0 Å². The zero-order chi connectivity index (χ0) is 24.4. The smallest absolute Gasteiger partial charge is 0.195 e. The highest BCUT2D eigenvalue weighted by atomic mass is 19.2. The first-order valence-electron chi connectivity index (χ1n) is 12.0. The Balaban J connectivity index is 1.48. The third-order valence-electron chi connectivity index (χ3n) is 7.11. The predicted molar refractivity (Wildman–Crippen MR) is 122 cm³/mol. The van der Waals surface area contributed by atoms with Crippen LogP contribution in [0.2, 0.25) is 0 Å². The van der Waals surface area contributed by atoms with E-state index in [0.717, 1.165) is 37.8 Å². The molecule has 6 heteroatoms. The average molecular weight is 479 g/mol. The van der Waals surface area contributed by atoms with Gasteiger partial charge in [-0.15, -0.1) is 0 Å². The van der Waals surface area contributed by atoms with Crippen LogP contribution < -0.4 is 0 Å². The Morgan fingerprint density at radius 2 is 1.29 bits per heavy atom. The van der Waals surface area contributed by atoms with E-state index >= 15 is 0 Å². The molecule has 0 heterocycles. The maximum Gasteiger partial charge on any atom is 0.195 e. The van der Waals surface area contributed by atoms with E-state index in [2.05, 4.69) is 6.92 Å². The van der Waals surface area contributed by atoms with Crippen LogP contribution in [-0.4, -0.2) is 0 Å². The van der Waals surface area contributed by atoms with Crippen molar-refractivity contribution in [3.8, 4) is 0 Å². The van der Waals surface area contributed by atoms with Gasteiger partial charge in [-0.25, -0.2) is 26.3 Å². The maximum atomic E-state index is 14.8. The van der Waals surface area contributed by atoms with E-state index in [-0.39, 0.29) is 22.8 Å². The molecule has 0 radical (unpaired) electrons. The van der Waals surface area contributed by atoms with Crippen molar-refractivity contribution in [3.05, 3.63) is 81.9 Å². The second-order valence-corrected chi connectivity index (χ2v) is 9.42. The third kappa shape index (κ3) is 4.96. The zero-order valence-corrected chi connectivity index (χ0v) is 19.2. The molecule has 0 aromatic heterocycles. The van der Waals surface area contributed by atoms with E-state index < -0.39 is 40.3 Å². The summed E-state index contributed by atoms with van der Waals surface area (Å²) in [6.07, 6.45) is 6.93. The molecule has 34 heavy (non-hydrogen) atoms. The number of benzene rings is 3. The van der Waals surface area contributed by atoms with Crippen molar-refractivity contribution in [1.29, 1.82) is 0 Å². The van der Waals surface area contributed by atoms with E-state index in [9.17, 15) is 26.3 Å². The number of unbranched alkanes of at least 4 members (excludes halogenated alkanes) is 3. The van der Waals surface area contributed by atoms with Gasteiger partial charge in [0.1, 0.15) is 17.5 Å². The molecule has 0 atom stereocenters. The van der Waals surface area contributed by atoms with Gasteiger partial charge in [-0.2, -0.15) is 0 Å². The summed E-state index contributed by atoms with van der Waals surface area (Å²) in [7, 11) is 0. The van der Waals surface area contributed by atoms with Crippen LogP contribution in [0.3, 0.4) is 0 Å². The third-order valence-corrected chi connectivity index (χ3v) is 7.11. The topological polar surface area (TPSA) is 0 Å².